The van der Waals surface area contributed by atoms with Crippen molar-refractivity contribution in [1.29, 1.82) is 0 Å². The van der Waals surface area contributed by atoms with Gasteiger partial charge in [-0.05, 0) is 47.0 Å². The molecule has 1 N–H and O–H groups in total. The summed E-state index contributed by atoms with van der Waals surface area (Å²) in [5.41, 5.74) is 0.978. The van der Waals surface area contributed by atoms with Crippen LogP contribution in [0.3, 0.4) is 0 Å². The van der Waals surface area contributed by atoms with Crippen molar-refractivity contribution < 1.29 is 5.11 Å². The molecule has 0 radical (unpaired) electrons. The maximum absolute atomic E-state index is 10.8. The molecular weight excluding hydrogens is 380 g/mol. The lowest BCUT2D eigenvalue weighted by atomic mass is 9.92. The van der Waals surface area contributed by atoms with Gasteiger partial charge in [-0.1, -0.05) is 12.1 Å². The van der Waals surface area contributed by atoms with E-state index in [9.17, 15) is 5.11 Å². The maximum Gasteiger partial charge on any atom is 0.137 e. The molecule has 2 atom stereocenters. The standard InChI is InChI=1S/C19H21BrN4O/c1-23-11-9-21-19(23)18(25)14-5-3-10-24(12-14)16-8-7-13-4-2-6-15(20)17(13)22-16/h2,4,6-9,11,14,18,25H,3,5,10,12H2,1H3. The summed E-state index contributed by atoms with van der Waals surface area (Å²) in [7, 11) is 1.93. The molecule has 1 aromatic carbocycles. The van der Waals surface area contributed by atoms with Crippen LogP contribution in [0.4, 0.5) is 5.82 Å². The summed E-state index contributed by atoms with van der Waals surface area (Å²) >= 11 is 3.59. The van der Waals surface area contributed by atoms with Crippen molar-refractivity contribution in [3.63, 3.8) is 0 Å². The first-order valence-corrected chi connectivity index (χ1v) is 9.38. The smallest absolute Gasteiger partial charge is 0.137 e. The Hall–Kier alpha value is -1.92. The lowest BCUT2D eigenvalue weighted by Crippen LogP contribution is -2.38. The molecule has 130 valence electrons. The average Bonchev–Trinajstić information content (AvgIpc) is 3.07. The van der Waals surface area contributed by atoms with Crippen LogP contribution in [0.5, 0.6) is 0 Å². The normalized spacial score (nSPS) is 19.3. The first-order valence-electron chi connectivity index (χ1n) is 8.59. The molecule has 4 rings (SSSR count). The minimum atomic E-state index is -0.546. The maximum atomic E-state index is 10.8. The van der Waals surface area contributed by atoms with Crippen LogP contribution in [0.2, 0.25) is 0 Å². The van der Waals surface area contributed by atoms with E-state index in [1.165, 1.54) is 0 Å². The van der Waals surface area contributed by atoms with Gasteiger partial charge in [0.15, 0.2) is 0 Å². The number of nitrogens with zero attached hydrogens (tertiary/aromatic N) is 4. The monoisotopic (exact) mass is 400 g/mol. The number of aryl methyl sites for hydroxylation is 1. The number of rotatable bonds is 3. The molecule has 0 spiro atoms. The van der Waals surface area contributed by atoms with Crippen LogP contribution in [-0.2, 0) is 7.05 Å². The summed E-state index contributed by atoms with van der Waals surface area (Å²) in [5, 5.41) is 11.9. The highest BCUT2D eigenvalue weighted by Gasteiger charge is 2.29. The fourth-order valence-corrected chi connectivity index (χ4v) is 4.10. The van der Waals surface area contributed by atoms with Crippen LogP contribution in [0, 0.1) is 5.92 Å². The van der Waals surface area contributed by atoms with Crippen molar-refractivity contribution in [1.82, 2.24) is 14.5 Å². The largest absolute Gasteiger partial charge is 0.385 e. The molecule has 1 saturated heterocycles. The summed E-state index contributed by atoms with van der Waals surface area (Å²) in [4.78, 5) is 11.4. The molecule has 5 nitrogen and oxygen atoms in total. The quantitative estimate of drug-likeness (QED) is 0.728. The summed E-state index contributed by atoms with van der Waals surface area (Å²) in [6, 6.07) is 10.3. The van der Waals surface area contributed by atoms with Crippen LogP contribution >= 0.6 is 15.9 Å². The summed E-state index contributed by atoms with van der Waals surface area (Å²) in [6.07, 6.45) is 5.11. The highest BCUT2D eigenvalue weighted by Crippen LogP contribution is 2.32. The van der Waals surface area contributed by atoms with Crippen LogP contribution in [0.1, 0.15) is 24.8 Å². The van der Waals surface area contributed by atoms with Crippen LogP contribution in [0.15, 0.2) is 47.2 Å². The van der Waals surface area contributed by atoms with Gasteiger partial charge < -0.3 is 14.6 Å². The molecular formula is C19H21BrN4O. The molecule has 25 heavy (non-hydrogen) atoms. The zero-order chi connectivity index (χ0) is 17.4. The Balaban J connectivity index is 1.59. The highest BCUT2D eigenvalue weighted by atomic mass is 79.9. The third kappa shape index (κ3) is 3.16. The zero-order valence-electron chi connectivity index (χ0n) is 14.1. The fraction of sp³-hybridized carbons (Fsp3) is 0.368. The number of hydrogen-bond acceptors (Lipinski definition) is 4. The van der Waals surface area contributed by atoms with E-state index in [0.717, 1.165) is 52.9 Å². The van der Waals surface area contributed by atoms with Crippen LogP contribution in [-0.4, -0.2) is 32.7 Å². The van der Waals surface area contributed by atoms with E-state index in [4.69, 9.17) is 4.98 Å². The van der Waals surface area contributed by atoms with E-state index in [0.29, 0.717) is 0 Å². The third-order valence-corrected chi connectivity index (χ3v) is 5.65. The number of imidazole rings is 1. The van der Waals surface area contributed by atoms with Gasteiger partial charge in [-0.3, -0.25) is 0 Å². The van der Waals surface area contributed by atoms with Gasteiger partial charge in [0.2, 0.25) is 0 Å². The number of aliphatic hydroxyl groups excluding tert-OH is 1. The number of benzene rings is 1. The Morgan fingerprint density at radius 2 is 2.16 bits per heavy atom. The Bertz CT molecular complexity index is 894. The number of anilines is 1. The van der Waals surface area contributed by atoms with E-state index in [1.54, 1.807) is 6.20 Å². The highest BCUT2D eigenvalue weighted by molar-refractivity contribution is 9.10. The molecule has 3 aromatic rings. The Labute approximate surface area is 155 Å². The van der Waals surface area contributed by atoms with Crippen molar-refractivity contribution in [2.45, 2.75) is 18.9 Å². The number of para-hydroxylation sites is 1. The van der Waals surface area contributed by atoms with E-state index in [2.05, 4.69) is 44.0 Å². The van der Waals surface area contributed by atoms with Gasteiger partial charge in [-0.25, -0.2) is 9.97 Å². The van der Waals surface area contributed by atoms with Gasteiger partial charge in [0.1, 0.15) is 17.7 Å². The van der Waals surface area contributed by atoms with Gasteiger partial charge in [0.25, 0.3) is 0 Å². The topological polar surface area (TPSA) is 54.2 Å². The predicted molar refractivity (Wildman–Crippen MR) is 103 cm³/mol. The molecule has 3 heterocycles. The van der Waals surface area contributed by atoms with Gasteiger partial charge in [0, 0.05) is 48.3 Å². The molecule has 1 aliphatic heterocycles. The number of aliphatic hydroxyl groups is 1. The third-order valence-electron chi connectivity index (χ3n) is 5.01. The summed E-state index contributed by atoms with van der Waals surface area (Å²) in [5.74, 6) is 1.86. The van der Waals surface area contributed by atoms with Crippen molar-refractivity contribution in [2.24, 2.45) is 13.0 Å². The van der Waals surface area contributed by atoms with Crippen LogP contribution < -0.4 is 4.90 Å². The number of piperidine rings is 1. The van der Waals surface area contributed by atoms with E-state index < -0.39 is 6.10 Å². The Morgan fingerprint density at radius 3 is 2.96 bits per heavy atom. The number of pyridine rings is 1. The van der Waals surface area contributed by atoms with Crippen molar-refractivity contribution in [3.8, 4) is 0 Å². The van der Waals surface area contributed by atoms with Gasteiger partial charge in [0.05, 0.1) is 5.52 Å². The Morgan fingerprint density at radius 1 is 1.28 bits per heavy atom. The second-order valence-corrected chi connectivity index (χ2v) is 7.52. The van der Waals surface area contributed by atoms with Crippen molar-refractivity contribution in [2.75, 3.05) is 18.0 Å². The van der Waals surface area contributed by atoms with E-state index in [-0.39, 0.29) is 5.92 Å². The second kappa shape index (κ2) is 6.77. The van der Waals surface area contributed by atoms with Gasteiger partial charge >= 0.3 is 0 Å². The van der Waals surface area contributed by atoms with Crippen molar-refractivity contribution in [3.05, 3.63) is 53.0 Å². The number of fused-ring (bicyclic) bond motifs is 1. The molecule has 1 aliphatic rings. The average molecular weight is 401 g/mol. The minimum absolute atomic E-state index is 0.159. The lowest BCUT2D eigenvalue weighted by molar-refractivity contribution is 0.0874. The summed E-state index contributed by atoms with van der Waals surface area (Å²) in [6.45, 7) is 1.75. The lowest BCUT2D eigenvalue weighted by Gasteiger charge is -2.35. The molecule has 0 saturated carbocycles. The molecule has 0 aliphatic carbocycles. The minimum Gasteiger partial charge on any atom is -0.385 e. The molecule has 6 heteroatoms. The number of hydrogen-bond donors (Lipinski definition) is 1. The summed E-state index contributed by atoms with van der Waals surface area (Å²) < 4.78 is 2.91. The number of aromatic nitrogens is 3. The number of halogens is 1. The van der Waals surface area contributed by atoms with Gasteiger partial charge in [-0.2, -0.15) is 0 Å². The molecule has 2 unspecified atom stereocenters. The molecule has 2 aromatic heterocycles. The van der Waals surface area contributed by atoms with Gasteiger partial charge in [-0.15, -0.1) is 0 Å². The van der Waals surface area contributed by atoms with E-state index >= 15 is 0 Å². The zero-order valence-corrected chi connectivity index (χ0v) is 15.7. The first-order chi connectivity index (χ1) is 12.1. The SMILES string of the molecule is Cn1ccnc1C(O)C1CCCN(c2ccc3cccc(Br)c3n2)C1. The molecule has 0 bridgehead atoms. The van der Waals surface area contributed by atoms with Crippen LogP contribution in [0.25, 0.3) is 10.9 Å². The van der Waals surface area contributed by atoms with E-state index in [1.807, 2.05) is 29.9 Å². The molecule has 1 fully saturated rings. The Kier molecular flexibility index (Phi) is 4.48. The van der Waals surface area contributed by atoms with Crippen molar-refractivity contribution >= 4 is 32.7 Å². The molecule has 0 amide bonds. The second-order valence-electron chi connectivity index (χ2n) is 6.67. The fourth-order valence-electron chi connectivity index (χ4n) is 3.63. The first kappa shape index (κ1) is 16.5. The predicted octanol–water partition coefficient (Wildman–Crippen LogP) is 3.68.